The van der Waals surface area contributed by atoms with E-state index in [9.17, 15) is 4.79 Å². The highest BCUT2D eigenvalue weighted by molar-refractivity contribution is 7.99. The quantitative estimate of drug-likeness (QED) is 0.632. The highest BCUT2D eigenvalue weighted by Gasteiger charge is 2.02. The number of nitrogens with one attached hydrogen (secondary N) is 1. The minimum Gasteiger partial charge on any atom is -0.391 e. The molecule has 0 heterocycles. The maximum absolute atomic E-state index is 10.8. The van der Waals surface area contributed by atoms with Gasteiger partial charge in [-0.1, -0.05) is 6.92 Å². The second-order valence-electron chi connectivity index (χ2n) is 2.30. The van der Waals surface area contributed by atoms with Gasteiger partial charge in [0.15, 0.2) is 0 Å². The molecule has 4 heteroatoms. The average Bonchev–Trinajstić information content (AvgIpc) is 2.01. The molecule has 0 saturated heterocycles. The third kappa shape index (κ3) is 6.19. The van der Waals surface area contributed by atoms with E-state index in [4.69, 9.17) is 5.11 Å². The molecule has 0 fully saturated rings. The predicted molar refractivity (Wildman–Crippen MR) is 47.7 cm³/mol. The molecule has 1 amide bonds. The van der Waals surface area contributed by atoms with Crippen molar-refractivity contribution in [3.05, 3.63) is 0 Å². The Labute approximate surface area is 71.6 Å². The molecule has 3 nitrogen and oxygen atoms in total. The normalized spacial score (nSPS) is 12.6. The Kier molecular flexibility index (Phi) is 6.36. The molecule has 11 heavy (non-hydrogen) atoms. The van der Waals surface area contributed by atoms with Crippen LogP contribution in [0.3, 0.4) is 0 Å². The number of thioether (sulfide) groups is 1. The van der Waals surface area contributed by atoms with Gasteiger partial charge >= 0.3 is 0 Å². The summed E-state index contributed by atoms with van der Waals surface area (Å²) in [7, 11) is 0. The Morgan fingerprint density at radius 3 is 2.82 bits per heavy atom. The van der Waals surface area contributed by atoms with Gasteiger partial charge in [-0.05, 0) is 12.7 Å². The van der Waals surface area contributed by atoms with Crippen LogP contribution >= 0.6 is 11.8 Å². The summed E-state index contributed by atoms with van der Waals surface area (Å²) in [5.41, 5.74) is 0. The maximum atomic E-state index is 10.8. The number of carbonyl (C=O) groups excluding carboxylic acids is 1. The van der Waals surface area contributed by atoms with Crippen molar-refractivity contribution in [2.24, 2.45) is 0 Å². The summed E-state index contributed by atoms with van der Waals surface area (Å²) in [5, 5.41) is 11.7. The van der Waals surface area contributed by atoms with Crippen LogP contribution in [0.2, 0.25) is 0 Å². The monoisotopic (exact) mass is 177 g/mol. The van der Waals surface area contributed by atoms with E-state index in [2.05, 4.69) is 5.32 Å². The molecule has 0 aromatic carbocycles. The van der Waals surface area contributed by atoms with E-state index in [1.165, 1.54) is 11.8 Å². The largest absolute Gasteiger partial charge is 0.391 e. The highest BCUT2D eigenvalue weighted by atomic mass is 32.2. The molecule has 0 aromatic heterocycles. The van der Waals surface area contributed by atoms with E-state index in [1.54, 1.807) is 0 Å². The van der Waals surface area contributed by atoms with Crippen molar-refractivity contribution < 1.29 is 9.90 Å². The van der Waals surface area contributed by atoms with Crippen molar-refractivity contribution in [3.8, 4) is 0 Å². The molecule has 2 N–H and O–H groups in total. The molecule has 0 spiro atoms. The van der Waals surface area contributed by atoms with Gasteiger partial charge in [-0.3, -0.25) is 4.79 Å². The van der Waals surface area contributed by atoms with Gasteiger partial charge < -0.3 is 10.4 Å². The van der Waals surface area contributed by atoms with Gasteiger partial charge in [0.05, 0.1) is 11.9 Å². The van der Waals surface area contributed by atoms with Crippen molar-refractivity contribution in [3.63, 3.8) is 0 Å². The van der Waals surface area contributed by atoms with E-state index in [1.807, 2.05) is 13.2 Å². The Morgan fingerprint density at radius 2 is 2.36 bits per heavy atom. The Bertz CT molecular complexity index is 119. The molecule has 0 rings (SSSR count). The van der Waals surface area contributed by atoms with Crippen molar-refractivity contribution in [1.29, 1.82) is 0 Å². The molecule has 0 aliphatic carbocycles. The van der Waals surface area contributed by atoms with E-state index < -0.39 is 6.10 Å². The van der Waals surface area contributed by atoms with Gasteiger partial charge in [-0.15, -0.1) is 0 Å². The summed E-state index contributed by atoms with van der Waals surface area (Å²) >= 11 is 1.48. The Balaban J connectivity index is 3.30. The third-order valence-electron chi connectivity index (χ3n) is 1.28. The molecule has 0 radical (unpaired) electrons. The zero-order valence-electron chi connectivity index (χ0n) is 6.96. The maximum Gasteiger partial charge on any atom is 0.230 e. The van der Waals surface area contributed by atoms with Crippen LogP contribution in [0.1, 0.15) is 13.3 Å². The average molecular weight is 177 g/mol. The fourth-order valence-electron chi connectivity index (χ4n) is 0.558. The summed E-state index contributed by atoms with van der Waals surface area (Å²) in [6, 6.07) is 0. The first-order valence-corrected chi connectivity index (χ1v) is 5.03. The van der Waals surface area contributed by atoms with Gasteiger partial charge in [0, 0.05) is 6.54 Å². The molecule has 0 bridgehead atoms. The van der Waals surface area contributed by atoms with Gasteiger partial charge in [-0.2, -0.15) is 11.8 Å². The molecular weight excluding hydrogens is 162 g/mol. The van der Waals surface area contributed by atoms with Crippen LogP contribution in [0.25, 0.3) is 0 Å². The minimum absolute atomic E-state index is 0.00926. The lowest BCUT2D eigenvalue weighted by molar-refractivity contribution is -0.119. The molecular formula is C7H15NO2S. The van der Waals surface area contributed by atoms with Crippen molar-refractivity contribution >= 4 is 17.7 Å². The van der Waals surface area contributed by atoms with Crippen molar-refractivity contribution in [2.75, 3.05) is 18.6 Å². The zero-order chi connectivity index (χ0) is 8.69. The van der Waals surface area contributed by atoms with Crippen LogP contribution in [-0.4, -0.2) is 35.7 Å². The van der Waals surface area contributed by atoms with E-state index in [0.717, 1.165) is 0 Å². The van der Waals surface area contributed by atoms with Crippen LogP contribution in [0.5, 0.6) is 0 Å². The molecule has 0 aliphatic heterocycles. The molecule has 0 aliphatic rings. The van der Waals surface area contributed by atoms with E-state index >= 15 is 0 Å². The van der Waals surface area contributed by atoms with E-state index in [0.29, 0.717) is 18.7 Å². The lowest BCUT2D eigenvalue weighted by Gasteiger charge is -2.08. The lowest BCUT2D eigenvalue weighted by atomic mass is 10.3. The predicted octanol–water partition coefficient (Wildman–Crippen LogP) is 0.236. The summed E-state index contributed by atoms with van der Waals surface area (Å²) in [6.07, 6.45) is 2.15. The van der Waals surface area contributed by atoms with Crippen LogP contribution in [0, 0.1) is 0 Å². The Hall–Kier alpha value is -0.220. The SMILES string of the molecule is CCC(O)CNC(=O)CSC. The van der Waals surface area contributed by atoms with Gasteiger partial charge in [-0.25, -0.2) is 0 Å². The van der Waals surface area contributed by atoms with Crippen LogP contribution in [0.4, 0.5) is 0 Å². The smallest absolute Gasteiger partial charge is 0.230 e. The summed E-state index contributed by atoms with van der Waals surface area (Å²) < 4.78 is 0. The van der Waals surface area contributed by atoms with Gasteiger partial charge in [0.2, 0.25) is 5.91 Å². The number of carbonyl (C=O) groups is 1. The zero-order valence-corrected chi connectivity index (χ0v) is 7.78. The highest BCUT2D eigenvalue weighted by Crippen LogP contribution is 1.90. The fourth-order valence-corrected chi connectivity index (χ4v) is 0.922. The van der Waals surface area contributed by atoms with Gasteiger partial charge in [0.1, 0.15) is 0 Å². The standard InChI is InChI=1S/C7H15NO2S/c1-3-6(9)4-8-7(10)5-11-2/h6,9H,3-5H2,1-2H3,(H,8,10). The summed E-state index contributed by atoms with van der Waals surface area (Å²) in [5.74, 6) is 0.459. The summed E-state index contributed by atoms with van der Waals surface area (Å²) in [4.78, 5) is 10.8. The number of hydrogen-bond donors (Lipinski definition) is 2. The number of hydrogen-bond acceptors (Lipinski definition) is 3. The first-order chi connectivity index (χ1) is 5.20. The number of rotatable bonds is 5. The Morgan fingerprint density at radius 1 is 1.73 bits per heavy atom. The van der Waals surface area contributed by atoms with Gasteiger partial charge in [0.25, 0.3) is 0 Å². The van der Waals surface area contributed by atoms with Crippen molar-refractivity contribution in [1.82, 2.24) is 5.32 Å². The lowest BCUT2D eigenvalue weighted by Crippen LogP contribution is -2.32. The third-order valence-corrected chi connectivity index (χ3v) is 1.83. The van der Waals surface area contributed by atoms with Crippen molar-refractivity contribution in [2.45, 2.75) is 19.4 Å². The van der Waals surface area contributed by atoms with Crippen LogP contribution in [-0.2, 0) is 4.79 Å². The number of aliphatic hydroxyl groups excluding tert-OH is 1. The first-order valence-electron chi connectivity index (χ1n) is 3.64. The fraction of sp³-hybridized carbons (Fsp3) is 0.857. The number of amides is 1. The number of aliphatic hydroxyl groups is 1. The summed E-state index contributed by atoms with van der Waals surface area (Å²) in [6.45, 7) is 2.25. The second kappa shape index (κ2) is 6.49. The molecule has 0 aromatic rings. The molecule has 1 atom stereocenters. The van der Waals surface area contributed by atoms with Crippen LogP contribution in [0.15, 0.2) is 0 Å². The molecule has 0 saturated carbocycles. The van der Waals surface area contributed by atoms with Crippen LogP contribution < -0.4 is 5.32 Å². The first kappa shape index (κ1) is 10.8. The topological polar surface area (TPSA) is 49.3 Å². The minimum atomic E-state index is -0.402. The second-order valence-corrected chi connectivity index (χ2v) is 3.17. The molecule has 1 unspecified atom stereocenters. The molecule has 66 valence electrons. The van der Waals surface area contributed by atoms with E-state index in [-0.39, 0.29) is 5.91 Å².